The van der Waals surface area contributed by atoms with Gasteiger partial charge in [0, 0.05) is 5.56 Å². The number of halogens is 1. The van der Waals surface area contributed by atoms with Crippen LogP contribution >= 0.6 is 0 Å². The van der Waals surface area contributed by atoms with Crippen LogP contribution in [0.5, 0.6) is 5.75 Å². The largest absolute Gasteiger partial charge is 0.485 e. The van der Waals surface area contributed by atoms with Crippen molar-refractivity contribution < 1.29 is 13.9 Å². The molecule has 2 aromatic carbocycles. The van der Waals surface area contributed by atoms with E-state index in [9.17, 15) is 9.18 Å². The third-order valence-electron chi connectivity index (χ3n) is 3.40. The van der Waals surface area contributed by atoms with Crippen LogP contribution in [0.15, 0.2) is 42.5 Å². The molecule has 0 amide bonds. The number of hydrogen-bond acceptors (Lipinski definition) is 2. The number of hydrogen-bond donors (Lipinski definition) is 0. The van der Waals surface area contributed by atoms with Gasteiger partial charge in [-0.15, -0.1) is 0 Å². The SMILES string of the molecule is Cc1cc(OCC(=O)c2ccc(C(C)C)cc2)ccc1F. The lowest BCUT2D eigenvalue weighted by Gasteiger charge is -2.08. The molecule has 0 saturated carbocycles. The van der Waals surface area contributed by atoms with Crippen LogP contribution < -0.4 is 4.74 Å². The zero-order valence-corrected chi connectivity index (χ0v) is 12.5. The van der Waals surface area contributed by atoms with Crippen LogP contribution in [0, 0.1) is 12.7 Å². The average molecular weight is 286 g/mol. The van der Waals surface area contributed by atoms with Gasteiger partial charge < -0.3 is 4.74 Å². The van der Waals surface area contributed by atoms with Crippen molar-refractivity contribution in [1.82, 2.24) is 0 Å². The first kappa shape index (κ1) is 15.2. The molecule has 0 radical (unpaired) electrons. The predicted octanol–water partition coefficient (Wildman–Crippen LogP) is 4.52. The number of ketones is 1. The molecule has 0 aromatic heterocycles. The van der Waals surface area contributed by atoms with Gasteiger partial charge in [0.05, 0.1) is 0 Å². The minimum Gasteiger partial charge on any atom is -0.485 e. The lowest BCUT2D eigenvalue weighted by molar-refractivity contribution is 0.0921. The average Bonchev–Trinajstić information content (AvgIpc) is 2.48. The second-order valence-corrected chi connectivity index (χ2v) is 5.40. The Labute approximate surface area is 124 Å². The minimum absolute atomic E-state index is 0.0495. The minimum atomic E-state index is -0.280. The van der Waals surface area contributed by atoms with Crippen molar-refractivity contribution in [2.45, 2.75) is 26.7 Å². The molecule has 21 heavy (non-hydrogen) atoms. The first-order valence-electron chi connectivity index (χ1n) is 6.99. The van der Waals surface area contributed by atoms with E-state index in [0.29, 0.717) is 22.8 Å². The number of rotatable bonds is 5. The molecule has 0 saturated heterocycles. The van der Waals surface area contributed by atoms with E-state index in [1.807, 2.05) is 24.3 Å². The standard InChI is InChI=1S/C18H19FO2/c1-12(2)14-4-6-15(7-5-14)18(20)11-21-16-8-9-17(19)13(3)10-16/h4-10,12H,11H2,1-3H3. The number of ether oxygens (including phenoxy) is 1. The van der Waals surface area contributed by atoms with Crippen molar-refractivity contribution in [3.8, 4) is 5.75 Å². The van der Waals surface area contributed by atoms with Gasteiger partial charge in [-0.25, -0.2) is 4.39 Å². The predicted molar refractivity (Wildman–Crippen MR) is 81.5 cm³/mol. The molecule has 0 heterocycles. The maximum Gasteiger partial charge on any atom is 0.200 e. The summed E-state index contributed by atoms with van der Waals surface area (Å²) < 4.78 is 18.6. The van der Waals surface area contributed by atoms with Crippen LogP contribution in [-0.4, -0.2) is 12.4 Å². The highest BCUT2D eigenvalue weighted by atomic mass is 19.1. The van der Waals surface area contributed by atoms with E-state index >= 15 is 0 Å². The third kappa shape index (κ3) is 3.91. The fourth-order valence-electron chi connectivity index (χ4n) is 1.99. The summed E-state index contributed by atoms with van der Waals surface area (Å²) in [5.74, 6) is 0.568. The molecule has 0 aliphatic rings. The van der Waals surface area contributed by atoms with E-state index in [2.05, 4.69) is 13.8 Å². The monoisotopic (exact) mass is 286 g/mol. The van der Waals surface area contributed by atoms with E-state index in [1.165, 1.54) is 17.7 Å². The smallest absolute Gasteiger partial charge is 0.200 e. The van der Waals surface area contributed by atoms with Crippen molar-refractivity contribution in [1.29, 1.82) is 0 Å². The molecule has 3 heteroatoms. The normalized spacial score (nSPS) is 10.7. The maximum atomic E-state index is 13.1. The molecule has 2 nitrogen and oxygen atoms in total. The van der Waals surface area contributed by atoms with Gasteiger partial charge in [0.15, 0.2) is 12.4 Å². The van der Waals surface area contributed by atoms with Crippen LogP contribution in [0.3, 0.4) is 0 Å². The topological polar surface area (TPSA) is 26.3 Å². The third-order valence-corrected chi connectivity index (χ3v) is 3.40. The Balaban J connectivity index is 1.99. The lowest BCUT2D eigenvalue weighted by atomic mass is 10.0. The first-order valence-corrected chi connectivity index (χ1v) is 6.99. The van der Waals surface area contributed by atoms with Gasteiger partial charge in [0.25, 0.3) is 0 Å². The molecule has 2 aromatic rings. The van der Waals surface area contributed by atoms with E-state index < -0.39 is 0 Å². The number of benzene rings is 2. The van der Waals surface area contributed by atoms with E-state index in [0.717, 1.165) is 0 Å². The summed E-state index contributed by atoms with van der Waals surface area (Å²) in [5.41, 5.74) is 2.32. The molecule has 0 spiro atoms. The summed E-state index contributed by atoms with van der Waals surface area (Å²) in [6, 6.07) is 12.0. The van der Waals surface area contributed by atoms with Crippen molar-refractivity contribution in [2.24, 2.45) is 0 Å². The summed E-state index contributed by atoms with van der Waals surface area (Å²) in [6.07, 6.45) is 0. The van der Waals surface area contributed by atoms with Crippen LogP contribution in [0.4, 0.5) is 4.39 Å². The summed E-state index contributed by atoms with van der Waals surface area (Å²) in [4.78, 5) is 12.1. The maximum absolute atomic E-state index is 13.1. The van der Waals surface area contributed by atoms with Crippen molar-refractivity contribution >= 4 is 5.78 Å². The highest BCUT2D eigenvalue weighted by molar-refractivity contribution is 5.97. The summed E-state index contributed by atoms with van der Waals surface area (Å²) in [6.45, 7) is 5.83. The van der Waals surface area contributed by atoms with Crippen LogP contribution in [-0.2, 0) is 0 Å². The van der Waals surface area contributed by atoms with Gasteiger partial charge in [0.1, 0.15) is 11.6 Å². The summed E-state index contributed by atoms with van der Waals surface area (Å²) in [7, 11) is 0. The molecule has 0 atom stereocenters. The van der Waals surface area contributed by atoms with E-state index in [-0.39, 0.29) is 18.2 Å². The number of carbonyl (C=O) groups is 1. The van der Waals surface area contributed by atoms with Crippen molar-refractivity contribution in [3.05, 3.63) is 65.0 Å². The Hall–Kier alpha value is -2.16. The Kier molecular flexibility index (Phi) is 4.73. The summed E-state index contributed by atoms with van der Waals surface area (Å²) >= 11 is 0. The molecule has 0 unspecified atom stereocenters. The molecule has 0 aliphatic heterocycles. The number of carbonyl (C=O) groups excluding carboxylic acids is 1. The molecule has 0 aliphatic carbocycles. The molecule has 0 bridgehead atoms. The van der Waals surface area contributed by atoms with Crippen LogP contribution in [0.2, 0.25) is 0 Å². The van der Waals surface area contributed by atoms with Gasteiger partial charge in [-0.05, 0) is 42.2 Å². The number of Topliss-reactive ketones (excluding diaryl/α,β-unsaturated/α-hetero) is 1. The molecule has 2 rings (SSSR count). The van der Waals surface area contributed by atoms with Gasteiger partial charge in [-0.3, -0.25) is 4.79 Å². The Morgan fingerprint density at radius 2 is 1.81 bits per heavy atom. The van der Waals surface area contributed by atoms with Gasteiger partial charge in [0.2, 0.25) is 0 Å². The molecular formula is C18H19FO2. The second-order valence-electron chi connectivity index (χ2n) is 5.40. The van der Waals surface area contributed by atoms with Gasteiger partial charge in [-0.1, -0.05) is 38.1 Å². The van der Waals surface area contributed by atoms with Crippen molar-refractivity contribution in [3.63, 3.8) is 0 Å². The van der Waals surface area contributed by atoms with E-state index in [1.54, 1.807) is 13.0 Å². The van der Waals surface area contributed by atoms with Gasteiger partial charge in [-0.2, -0.15) is 0 Å². The lowest BCUT2D eigenvalue weighted by Crippen LogP contribution is -2.11. The van der Waals surface area contributed by atoms with Gasteiger partial charge >= 0.3 is 0 Å². The second kappa shape index (κ2) is 6.53. The van der Waals surface area contributed by atoms with E-state index in [4.69, 9.17) is 4.74 Å². The van der Waals surface area contributed by atoms with Crippen LogP contribution in [0.1, 0.15) is 41.3 Å². The van der Waals surface area contributed by atoms with Crippen LogP contribution in [0.25, 0.3) is 0 Å². The first-order chi connectivity index (χ1) is 9.97. The quantitative estimate of drug-likeness (QED) is 0.755. The number of aryl methyl sites for hydroxylation is 1. The Morgan fingerprint density at radius 1 is 1.14 bits per heavy atom. The molecule has 110 valence electrons. The summed E-state index contributed by atoms with van der Waals surface area (Å²) in [5, 5.41) is 0. The molecule has 0 fully saturated rings. The fourth-order valence-corrected chi connectivity index (χ4v) is 1.99. The molecular weight excluding hydrogens is 267 g/mol. The fraction of sp³-hybridized carbons (Fsp3) is 0.278. The zero-order valence-electron chi connectivity index (χ0n) is 12.5. The highest BCUT2D eigenvalue weighted by Gasteiger charge is 2.08. The van der Waals surface area contributed by atoms with Crippen molar-refractivity contribution in [2.75, 3.05) is 6.61 Å². The Morgan fingerprint density at radius 3 is 2.38 bits per heavy atom. The zero-order chi connectivity index (χ0) is 15.4. The Bertz CT molecular complexity index is 630. The highest BCUT2D eigenvalue weighted by Crippen LogP contribution is 2.17. The molecule has 0 N–H and O–H groups in total.